The van der Waals surface area contributed by atoms with Crippen LogP contribution in [0.4, 0.5) is 11.4 Å². The monoisotopic (exact) mass is 473 g/mol. The van der Waals surface area contributed by atoms with Crippen molar-refractivity contribution < 1.29 is 4.58 Å². The van der Waals surface area contributed by atoms with E-state index >= 15 is 0 Å². The summed E-state index contributed by atoms with van der Waals surface area (Å²) in [5.41, 5.74) is 9.18. The SMILES string of the molecule is CCN(CC)c1ccc(C=CC2=[N+](C)c3ccc4ccccc4c3C2(C)Cc2ccccc2)c(C)c1. The molecule has 0 fully saturated rings. The summed E-state index contributed by atoms with van der Waals surface area (Å²) < 4.78 is 2.40. The lowest BCUT2D eigenvalue weighted by molar-refractivity contribution is -0.401. The minimum Gasteiger partial charge on any atom is -0.372 e. The molecule has 2 nitrogen and oxygen atoms in total. The standard InChI is InChI=1S/C34H37N2/c1-6-36(7-2)29-20-17-27(25(3)23-29)19-22-32-34(4,24-26-13-9-8-10-14-26)33-30-16-12-11-15-28(30)18-21-31(33)35(32)5/h8-23H,6-7,24H2,1-5H3/q+1. The van der Waals surface area contributed by atoms with Gasteiger partial charge < -0.3 is 4.90 Å². The van der Waals surface area contributed by atoms with Crippen LogP contribution in [0, 0.1) is 6.92 Å². The van der Waals surface area contributed by atoms with Gasteiger partial charge in [-0.15, -0.1) is 0 Å². The van der Waals surface area contributed by atoms with Gasteiger partial charge in [0, 0.05) is 36.5 Å². The summed E-state index contributed by atoms with van der Waals surface area (Å²) in [4.78, 5) is 2.40. The Morgan fingerprint density at radius 1 is 0.833 bits per heavy atom. The fourth-order valence-electron chi connectivity index (χ4n) is 6.03. The molecule has 1 heterocycles. The zero-order valence-electron chi connectivity index (χ0n) is 22.3. The second-order valence-electron chi connectivity index (χ2n) is 10.2. The maximum atomic E-state index is 2.42. The van der Waals surface area contributed by atoms with E-state index in [1.165, 1.54) is 50.1 Å². The van der Waals surface area contributed by atoms with Crippen LogP contribution in [0.3, 0.4) is 0 Å². The summed E-state index contributed by atoms with van der Waals surface area (Å²) in [6, 6.07) is 31.1. The highest BCUT2D eigenvalue weighted by Gasteiger charge is 2.47. The van der Waals surface area contributed by atoms with E-state index < -0.39 is 0 Å². The summed E-state index contributed by atoms with van der Waals surface area (Å²) in [7, 11) is 2.22. The molecule has 1 unspecified atom stereocenters. The van der Waals surface area contributed by atoms with Gasteiger partial charge in [-0.05, 0) is 85.9 Å². The third kappa shape index (κ3) is 4.15. The third-order valence-corrected chi connectivity index (χ3v) is 7.95. The normalized spacial score (nSPS) is 17.2. The van der Waals surface area contributed by atoms with Gasteiger partial charge in [0.1, 0.15) is 7.05 Å². The quantitative estimate of drug-likeness (QED) is 0.247. The van der Waals surface area contributed by atoms with Crippen LogP contribution in [0.2, 0.25) is 0 Å². The predicted octanol–water partition coefficient (Wildman–Crippen LogP) is 7.94. The minimum absolute atomic E-state index is 0.141. The van der Waals surface area contributed by atoms with Crippen molar-refractivity contribution in [1.82, 2.24) is 0 Å². The fraction of sp³-hybridized carbons (Fsp3) is 0.265. The first-order valence-electron chi connectivity index (χ1n) is 13.2. The molecule has 36 heavy (non-hydrogen) atoms. The van der Waals surface area contributed by atoms with Crippen molar-refractivity contribution >= 4 is 33.9 Å². The molecule has 4 aromatic carbocycles. The fourth-order valence-corrected chi connectivity index (χ4v) is 6.03. The molecular formula is C34H37N2+. The molecule has 1 aliphatic heterocycles. The maximum absolute atomic E-state index is 2.42. The number of rotatable bonds is 7. The number of allylic oxidation sites excluding steroid dienone is 1. The van der Waals surface area contributed by atoms with E-state index in [1.807, 2.05) is 0 Å². The van der Waals surface area contributed by atoms with Crippen LogP contribution in [0.25, 0.3) is 16.8 Å². The van der Waals surface area contributed by atoms with Gasteiger partial charge in [-0.25, -0.2) is 0 Å². The first-order valence-corrected chi connectivity index (χ1v) is 13.2. The molecule has 0 radical (unpaired) electrons. The topological polar surface area (TPSA) is 6.25 Å². The van der Waals surface area contributed by atoms with E-state index in [4.69, 9.17) is 0 Å². The van der Waals surface area contributed by atoms with Gasteiger partial charge in [0.15, 0.2) is 5.71 Å². The summed E-state index contributed by atoms with van der Waals surface area (Å²) in [5.74, 6) is 0. The summed E-state index contributed by atoms with van der Waals surface area (Å²) in [6.07, 6.45) is 5.63. The van der Waals surface area contributed by atoms with Crippen molar-refractivity contribution in [3.63, 3.8) is 0 Å². The zero-order valence-corrected chi connectivity index (χ0v) is 22.3. The highest BCUT2D eigenvalue weighted by atomic mass is 15.1. The van der Waals surface area contributed by atoms with Gasteiger partial charge in [-0.1, -0.05) is 60.7 Å². The Morgan fingerprint density at radius 3 is 2.28 bits per heavy atom. The van der Waals surface area contributed by atoms with Gasteiger partial charge in [0.05, 0.1) is 5.41 Å². The second-order valence-corrected chi connectivity index (χ2v) is 10.2. The highest BCUT2D eigenvalue weighted by molar-refractivity contribution is 6.09. The second kappa shape index (κ2) is 9.78. The molecule has 0 aliphatic carbocycles. The summed E-state index contributed by atoms with van der Waals surface area (Å²) in [6.45, 7) is 11.1. The van der Waals surface area contributed by atoms with Crippen LogP contribution in [0.5, 0.6) is 0 Å². The molecule has 1 atom stereocenters. The van der Waals surface area contributed by atoms with E-state index in [0.717, 1.165) is 19.5 Å². The molecule has 1 aliphatic rings. The molecule has 0 aromatic heterocycles. The molecule has 0 saturated carbocycles. The molecule has 182 valence electrons. The largest absolute Gasteiger partial charge is 0.372 e. The van der Waals surface area contributed by atoms with E-state index in [2.05, 4.69) is 141 Å². The number of benzene rings is 4. The molecule has 0 amide bonds. The van der Waals surface area contributed by atoms with Crippen LogP contribution in [0.15, 0.2) is 91.0 Å². The van der Waals surface area contributed by atoms with Crippen LogP contribution in [0.1, 0.15) is 43.0 Å². The molecule has 0 saturated heterocycles. The smallest absolute Gasteiger partial charge is 0.210 e. The lowest BCUT2D eigenvalue weighted by Gasteiger charge is -2.24. The van der Waals surface area contributed by atoms with E-state index in [1.54, 1.807) is 0 Å². The van der Waals surface area contributed by atoms with Crippen LogP contribution in [-0.4, -0.2) is 30.4 Å². The molecular weight excluding hydrogens is 436 g/mol. The van der Waals surface area contributed by atoms with Gasteiger partial charge in [-0.3, -0.25) is 0 Å². The Labute approximate surface area is 216 Å². The van der Waals surface area contributed by atoms with Gasteiger partial charge in [0.2, 0.25) is 5.69 Å². The van der Waals surface area contributed by atoms with Crippen LogP contribution < -0.4 is 4.90 Å². The number of hydrogen-bond donors (Lipinski definition) is 0. The van der Waals surface area contributed by atoms with Gasteiger partial charge in [0.25, 0.3) is 0 Å². The lowest BCUT2D eigenvalue weighted by atomic mass is 9.73. The lowest BCUT2D eigenvalue weighted by Crippen LogP contribution is -2.33. The van der Waals surface area contributed by atoms with Gasteiger partial charge in [-0.2, -0.15) is 4.58 Å². The third-order valence-electron chi connectivity index (χ3n) is 7.95. The van der Waals surface area contributed by atoms with Gasteiger partial charge >= 0.3 is 0 Å². The van der Waals surface area contributed by atoms with Crippen molar-refractivity contribution in [2.75, 3.05) is 25.0 Å². The maximum Gasteiger partial charge on any atom is 0.210 e. The van der Waals surface area contributed by atoms with Crippen molar-refractivity contribution in [2.45, 2.75) is 39.5 Å². The first-order chi connectivity index (χ1) is 17.5. The first kappa shape index (κ1) is 24.1. The Kier molecular flexibility index (Phi) is 6.53. The number of anilines is 1. The van der Waals surface area contributed by atoms with E-state index in [0.29, 0.717) is 0 Å². The summed E-state index contributed by atoms with van der Waals surface area (Å²) >= 11 is 0. The molecule has 5 rings (SSSR count). The molecule has 0 bridgehead atoms. The van der Waals surface area contributed by atoms with Crippen molar-refractivity contribution in [3.05, 3.63) is 113 Å². The van der Waals surface area contributed by atoms with Crippen LogP contribution >= 0.6 is 0 Å². The van der Waals surface area contributed by atoms with E-state index in [9.17, 15) is 0 Å². The number of fused-ring (bicyclic) bond motifs is 3. The Bertz CT molecular complexity index is 1460. The molecule has 0 spiro atoms. The van der Waals surface area contributed by atoms with Crippen molar-refractivity contribution in [3.8, 4) is 0 Å². The molecule has 0 N–H and O–H groups in total. The predicted molar refractivity (Wildman–Crippen MR) is 156 cm³/mol. The molecule has 2 heteroatoms. The van der Waals surface area contributed by atoms with Crippen molar-refractivity contribution in [2.24, 2.45) is 0 Å². The average Bonchev–Trinajstić information content (AvgIpc) is 3.11. The minimum atomic E-state index is -0.141. The Morgan fingerprint density at radius 2 is 1.56 bits per heavy atom. The summed E-state index contributed by atoms with van der Waals surface area (Å²) in [5, 5.41) is 2.65. The number of nitrogens with zero attached hydrogens (tertiary/aromatic N) is 2. The number of hydrogen-bond acceptors (Lipinski definition) is 1. The van der Waals surface area contributed by atoms with Crippen molar-refractivity contribution in [1.29, 1.82) is 0 Å². The Hall–Kier alpha value is -3.65. The zero-order chi connectivity index (χ0) is 25.3. The average molecular weight is 474 g/mol. The van der Waals surface area contributed by atoms with E-state index in [-0.39, 0.29) is 5.41 Å². The molecule has 4 aromatic rings. The van der Waals surface area contributed by atoms with Crippen LogP contribution in [-0.2, 0) is 11.8 Å². The highest BCUT2D eigenvalue weighted by Crippen LogP contribution is 2.45. The Balaban J connectivity index is 1.61. The number of aryl methyl sites for hydroxylation is 1.